The topological polar surface area (TPSA) is 92.8 Å². The van der Waals surface area contributed by atoms with Gasteiger partial charge < -0.3 is 20.3 Å². The number of hydrogen-bond acceptors (Lipinski definition) is 3. The molecule has 0 heterocycles. The molecule has 84 valence electrons. The van der Waals surface area contributed by atoms with E-state index >= 15 is 0 Å². The highest BCUT2D eigenvalue weighted by atomic mass is 35.5. The molecule has 0 aliphatic rings. The van der Waals surface area contributed by atoms with Gasteiger partial charge in [-0.2, -0.15) is 0 Å². The Hall–Kier alpha value is -0.740. The fourth-order valence-corrected chi connectivity index (χ4v) is 2.17. The SMILES string of the molecule is COc1cc(CP(=O)(O)O)c(Cl)cc1N. The summed E-state index contributed by atoms with van der Waals surface area (Å²) in [7, 11) is -2.72. The molecule has 0 spiro atoms. The summed E-state index contributed by atoms with van der Waals surface area (Å²) in [6.45, 7) is 0. The van der Waals surface area contributed by atoms with Gasteiger partial charge in [-0.05, 0) is 17.7 Å². The third kappa shape index (κ3) is 3.39. The van der Waals surface area contributed by atoms with Crippen LogP contribution in [0.5, 0.6) is 5.75 Å². The molecule has 4 N–H and O–H groups in total. The maximum Gasteiger partial charge on any atom is 0.329 e. The molecule has 0 saturated carbocycles. The van der Waals surface area contributed by atoms with Crippen molar-refractivity contribution in [1.82, 2.24) is 0 Å². The molecule has 0 bridgehead atoms. The zero-order valence-corrected chi connectivity index (χ0v) is 9.63. The molecule has 1 rings (SSSR count). The summed E-state index contributed by atoms with van der Waals surface area (Å²) >= 11 is 5.79. The van der Waals surface area contributed by atoms with E-state index in [4.69, 9.17) is 31.9 Å². The number of rotatable bonds is 3. The van der Waals surface area contributed by atoms with E-state index in [1.165, 1.54) is 19.2 Å². The lowest BCUT2D eigenvalue weighted by Gasteiger charge is -2.10. The maximum atomic E-state index is 10.8. The van der Waals surface area contributed by atoms with Crippen LogP contribution < -0.4 is 10.5 Å². The fourth-order valence-electron chi connectivity index (χ4n) is 1.13. The molecule has 1 aromatic carbocycles. The Bertz CT molecular complexity index is 417. The lowest BCUT2D eigenvalue weighted by molar-refractivity contribution is 0.371. The first-order valence-corrected chi connectivity index (χ1v) is 6.17. The number of anilines is 1. The van der Waals surface area contributed by atoms with Gasteiger partial charge in [-0.15, -0.1) is 0 Å². The minimum atomic E-state index is -4.14. The summed E-state index contributed by atoms with van der Waals surface area (Å²) in [6.07, 6.45) is -0.428. The fraction of sp³-hybridized carbons (Fsp3) is 0.250. The lowest BCUT2D eigenvalue weighted by atomic mass is 10.2. The average Bonchev–Trinajstić information content (AvgIpc) is 2.07. The molecule has 1 aromatic rings. The Kier molecular flexibility index (Phi) is 3.62. The average molecular weight is 252 g/mol. The minimum Gasteiger partial charge on any atom is -0.495 e. The number of nitrogen functional groups attached to an aromatic ring is 1. The van der Waals surface area contributed by atoms with E-state index in [0.29, 0.717) is 17.0 Å². The molecular formula is C8H11ClNO4P. The summed E-state index contributed by atoms with van der Waals surface area (Å²) in [4.78, 5) is 17.6. The van der Waals surface area contributed by atoms with Crippen LogP contribution in [0.2, 0.25) is 5.02 Å². The van der Waals surface area contributed by atoms with Crippen molar-refractivity contribution in [3.05, 3.63) is 22.7 Å². The van der Waals surface area contributed by atoms with E-state index in [9.17, 15) is 4.57 Å². The Labute approximate surface area is 92.0 Å². The van der Waals surface area contributed by atoms with Crippen LogP contribution in [0.15, 0.2) is 12.1 Å². The maximum absolute atomic E-state index is 10.8. The summed E-state index contributed by atoms with van der Waals surface area (Å²) in [5, 5.41) is 0.219. The van der Waals surface area contributed by atoms with Crippen LogP contribution >= 0.6 is 19.2 Å². The van der Waals surface area contributed by atoms with E-state index in [2.05, 4.69) is 0 Å². The summed E-state index contributed by atoms with van der Waals surface area (Å²) in [5.74, 6) is 0.350. The Morgan fingerprint density at radius 3 is 2.60 bits per heavy atom. The van der Waals surface area contributed by atoms with Crippen molar-refractivity contribution >= 4 is 24.9 Å². The van der Waals surface area contributed by atoms with Crippen molar-refractivity contribution in [2.24, 2.45) is 0 Å². The van der Waals surface area contributed by atoms with Crippen LogP contribution in [0, 0.1) is 0 Å². The summed E-state index contributed by atoms with van der Waals surface area (Å²) in [6, 6.07) is 2.84. The van der Waals surface area contributed by atoms with Crippen molar-refractivity contribution in [3.63, 3.8) is 0 Å². The Morgan fingerprint density at radius 1 is 1.53 bits per heavy atom. The van der Waals surface area contributed by atoms with E-state index in [-0.39, 0.29) is 5.02 Å². The number of ether oxygens (including phenoxy) is 1. The molecule has 0 amide bonds. The molecule has 0 radical (unpaired) electrons. The predicted octanol–water partition coefficient (Wildman–Crippen LogP) is 1.61. The zero-order chi connectivity index (χ0) is 11.6. The first-order valence-electron chi connectivity index (χ1n) is 4.00. The highest BCUT2D eigenvalue weighted by Gasteiger charge is 2.17. The van der Waals surface area contributed by atoms with Crippen LogP contribution in [0.1, 0.15) is 5.56 Å². The van der Waals surface area contributed by atoms with Crippen LogP contribution in [0.3, 0.4) is 0 Å². The van der Waals surface area contributed by atoms with Crippen molar-refractivity contribution in [3.8, 4) is 5.75 Å². The third-order valence-corrected chi connectivity index (χ3v) is 2.88. The molecule has 7 heteroatoms. The summed E-state index contributed by atoms with van der Waals surface area (Å²) in [5.41, 5.74) is 6.21. The van der Waals surface area contributed by atoms with Crippen molar-refractivity contribution in [2.45, 2.75) is 6.16 Å². The number of methoxy groups -OCH3 is 1. The number of hydrogen-bond donors (Lipinski definition) is 3. The lowest BCUT2D eigenvalue weighted by Crippen LogP contribution is -1.96. The van der Waals surface area contributed by atoms with Crippen LogP contribution in [0.4, 0.5) is 5.69 Å². The molecule has 0 saturated heterocycles. The second-order valence-corrected chi connectivity index (χ2v) is 5.06. The molecule has 15 heavy (non-hydrogen) atoms. The van der Waals surface area contributed by atoms with Crippen molar-refractivity contribution < 1.29 is 19.1 Å². The minimum absolute atomic E-state index is 0.219. The molecule has 0 unspecified atom stereocenters. The Balaban J connectivity index is 3.13. The van der Waals surface area contributed by atoms with Gasteiger partial charge in [0.1, 0.15) is 5.75 Å². The molecule has 0 atom stereocenters. The number of nitrogens with two attached hydrogens (primary N) is 1. The van der Waals surface area contributed by atoms with Gasteiger partial charge in [-0.25, -0.2) is 0 Å². The van der Waals surface area contributed by atoms with Crippen LogP contribution in [-0.2, 0) is 10.7 Å². The van der Waals surface area contributed by atoms with Crippen molar-refractivity contribution in [2.75, 3.05) is 12.8 Å². The molecule has 0 aliphatic heterocycles. The second kappa shape index (κ2) is 4.41. The van der Waals surface area contributed by atoms with E-state index in [1.54, 1.807) is 0 Å². The van der Waals surface area contributed by atoms with E-state index in [0.717, 1.165) is 0 Å². The largest absolute Gasteiger partial charge is 0.495 e. The molecule has 0 fully saturated rings. The van der Waals surface area contributed by atoms with Gasteiger partial charge in [0.15, 0.2) is 0 Å². The first kappa shape index (κ1) is 12.3. The number of benzene rings is 1. The van der Waals surface area contributed by atoms with E-state index in [1.807, 2.05) is 0 Å². The van der Waals surface area contributed by atoms with Crippen LogP contribution in [0.25, 0.3) is 0 Å². The second-order valence-electron chi connectivity index (χ2n) is 3.01. The van der Waals surface area contributed by atoms with Gasteiger partial charge in [0, 0.05) is 5.02 Å². The Morgan fingerprint density at radius 2 is 2.13 bits per heavy atom. The van der Waals surface area contributed by atoms with E-state index < -0.39 is 13.8 Å². The van der Waals surface area contributed by atoms with Crippen molar-refractivity contribution in [1.29, 1.82) is 0 Å². The highest BCUT2D eigenvalue weighted by molar-refractivity contribution is 7.50. The van der Waals surface area contributed by atoms with Gasteiger partial charge in [0.2, 0.25) is 0 Å². The van der Waals surface area contributed by atoms with Gasteiger partial charge in [0.05, 0.1) is 19.0 Å². The first-order chi connectivity index (χ1) is 6.83. The highest BCUT2D eigenvalue weighted by Crippen LogP contribution is 2.42. The molecular weight excluding hydrogens is 241 g/mol. The smallest absolute Gasteiger partial charge is 0.329 e. The third-order valence-electron chi connectivity index (χ3n) is 1.78. The van der Waals surface area contributed by atoms with Crippen LogP contribution in [-0.4, -0.2) is 16.9 Å². The van der Waals surface area contributed by atoms with Gasteiger partial charge in [0.25, 0.3) is 0 Å². The van der Waals surface area contributed by atoms with Gasteiger partial charge in [-0.1, -0.05) is 11.6 Å². The zero-order valence-electron chi connectivity index (χ0n) is 7.98. The number of halogens is 1. The van der Waals surface area contributed by atoms with Gasteiger partial charge in [-0.3, -0.25) is 4.57 Å². The van der Waals surface area contributed by atoms with Gasteiger partial charge >= 0.3 is 7.60 Å². The molecule has 0 aliphatic carbocycles. The monoisotopic (exact) mass is 251 g/mol. The molecule has 5 nitrogen and oxygen atoms in total. The predicted molar refractivity (Wildman–Crippen MR) is 58.2 cm³/mol. The molecule has 0 aromatic heterocycles. The summed E-state index contributed by atoms with van der Waals surface area (Å²) < 4.78 is 15.7. The quantitative estimate of drug-likeness (QED) is 0.561. The standard InChI is InChI=1S/C8H11ClNO4P/c1-14-8-2-5(4-15(11,12)13)6(9)3-7(8)10/h2-3H,4,10H2,1H3,(H2,11,12,13). The normalized spacial score (nSPS) is 11.5.